The van der Waals surface area contributed by atoms with Crippen molar-refractivity contribution >= 4 is 33.6 Å². The molecule has 50 heavy (non-hydrogen) atoms. The average molecular weight is 687 g/mol. The van der Waals surface area contributed by atoms with Gasteiger partial charge in [-0.15, -0.1) is 6.42 Å². The molecule has 0 spiro atoms. The molecule has 262 valence electrons. The minimum Gasteiger partial charge on any atom is -0.461 e. The first-order valence-corrected chi connectivity index (χ1v) is 17.1. The Kier molecular flexibility index (Phi) is 8.53. The molecule has 12 heteroatoms. The van der Waals surface area contributed by atoms with E-state index in [4.69, 9.17) is 20.9 Å². The molecule has 5 heterocycles. The Balaban J connectivity index is 1.31. The molecule has 0 N–H and O–H groups in total. The van der Waals surface area contributed by atoms with Gasteiger partial charge in [0.05, 0.1) is 16.5 Å². The zero-order valence-electron chi connectivity index (χ0n) is 29.0. The van der Waals surface area contributed by atoms with Gasteiger partial charge in [-0.3, -0.25) is 9.88 Å². The van der Waals surface area contributed by atoms with Gasteiger partial charge >= 0.3 is 12.1 Å². The van der Waals surface area contributed by atoms with Gasteiger partial charge in [0, 0.05) is 55.8 Å². The maximum absolute atomic E-state index is 16.9. The summed E-state index contributed by atoms with van der Waals surface area (Å²) in [6.07, 6.45) is 8.55. The van der Waals surface area contributed by atoms with Crippen molar-refractivity contribution in [2.75, 3.05) is 38.2 Å². The largest absolute Gasteiger partial charge is 0.461 e. The lowest BCUT2D eigenvalue weighted by Crippen LogP contribution is -2.43. The van der Waals surface area contributed by atoms with Crippen LogP contribution in [0.3, 0.4) is 0 Å². The lowest BCUT2D eigenvalue weighted by molar-refractivity contribution is 0.0237. The minimum atomic E-state index is -0.945. The van der Waals surface area contributed by atoms with E-state index in [1.807, 2.05) is 39.6 Å². The number of ether oxygens (including phenoxy) is 2. The Morgan fingerprint density at radius 1 is 1.18 bits per heavy atom. The lowest BCUT2D eigenvalue weighted by atomic mass is 9.95. The fourth-order valence-electron chi connectivity index (χ4n) is 7.91. The molecule has 1 amide bonds. The first kappa shape index (κ1) is 33.8. The number of nitrogens with zero attached hydrogens (tertiary/aromatic N) is 6. The zero-order valence-corrected chi connectivity index (χ0v) is 29.0. The lowest BCUT2D eigenvalue weighted by Gasteiger charge is -2.31. The standard InChI is InChI=1S/C38H41F3N6O3/c1-7-26-29(40)13-12-23-10-8-11-27(30(23)26)32-31(41)33-28(18-42-32)34(45(6)25-16-22(2)47(20-25)36(48)50-37(3,4)5)44-35(43-33)49-21-38-14-9-15-46(38)19-24(39)17-38/h1,8,10-13,18,22,24-25H,9,14-17,19-21H2,2-6H3/t22-,24+,25+,38-/m0/s1. The normalized spacial score (nSPS) is 23.7. The van der Waals surface area contributed by atoms with Gasteiger partial charge in [-0.05, 0) is 65.0 Å². The quantitative estimate of drug-likeness (QED) is 0.203. The molecule has 0 saturated carbocycles. The smallest absolute Gasteiger partial charge is 0.410 e. The van der Waals surface area contributed by atoms with Crippen LogP contribution in [0, 0.1) is 24.0 Å². The third-order valence-electron chi connectivity index (χ3n) is 10.3. The SMILES string of the molecule is C#Cc1c(F)ccc2cccc(-c3ncc4c(N(C)[C@@H]5C[C@H](C)N(C(=O)OC(C)(C)C)C5)nc(OC[C@@]56CCCN5C[C@H](F)C6)nc4c3F)c12. The zero-order chi connectivity index (χ0) is 35.5. The second kappa shape index (κ2) is 12.6. The van der Waals surface area contributed by atoms with E-state index in [1.165, 1.54) is 12.3 Å². The first-order valence-electron chi connectivity index (χ1n) is 17.1. The Morgan fingerprint density at radius 2 is 1.98 bits per heavy atom. The number of amides is 1. The van der Waals surface area contributed by atoms with Crippen LogP contribution < -0.4 is 9.64 Å². The van der Waals surface area contributed by atoms with E-state index in [0.29, 0.717) is 53.5 Å². The number of likely N-dealkylation sites (tertiary alicyclic amines) is 1. The molecule has 3 saturated heterocycles. The number of terminal acetylenes is 1. The number of rotatable bonds is 6. The molecule has 4 atom stereocenters. The second-order valence-electron chi connectivity index (χ2n) is 14.8. The van der Waals surface area contributed by atoms with Crippen molar-refractivity contribution in [3.8, 4) is 29.6 Å². The summed E-state index contributed by atoms with van der Waals surface area (Å²) in [5.41, 5.74) is -0.875. The third-order valence-corrected chi connectivity index (χ3v) is 10.3. The van der Waals surface area contributed by atoms with Crippen LogP contribution >= 0.6 is 0 Å². The van der Waals surface area contributed by atoms with Crippen molar-refractivity contribution in [2.24, 2.45) is 0 Å². The minimum absolute atomic E-state index is 0.0135. The van der Waals surface area contributed by atoms with Crippen LogP contribution in [0.25, 0.3) is 32.9 Å². The Labute approximate surface area is 289 Å². The van der Waals surface area contributed by atoms with Crippen LogP contribution in [0.1, 0.15) is 58.9 Å². The molecule has 3 fully saturated rings. The number of benzene rings is 2. The van der Waals surface area contributed by atoms with Gasteiger partial charge in [0.1, 0.15) is 41.2 Å². The van der Waals surface area contributed by atoms with Crippen LogP contribution in [0.15, 0.2) is 36.5 Å². The molecule has 3 aliphatic heterocycles. The van der Waals surface area contributed by atoms with Crippen LogP contribution in [-0.4, -0.2) is 93.5 Å². The van der Waals surface area contributed by atoms with Crippen LogP contribution in [0.4, 0.5) is 23.8 Å². The summed E-state index contributed by atoms with van der Waals surface area (Å²) in [5, 5.41) is 1.34. The van der Waals surface area contributed by atoms with Crippen molar-refractivity contribution in [1.82, 2.24) is 24.8 Å². The molecular weight excluding hydrogens is 645 g/mol. The fraction of sp³-hybridized carbons (Fsp3) is 0.474. The number of hydrogen-bond donors (Lipinski definition) is 0. The van der Waals surface area contributed by atoms with Crippen molar-refractivity contribution in [2.45, 2.75) is 82.8 Å². The van der Waals surface area contributed by atoms with Crippen molar-refractivity contribution in [3.63, 3.8) is 0 Å². The van der Waals surface area contributed by atoms with E-state index in [0.717, 1.165) is 19.4 Å². The number of fused-ring (bicyclic) bond motifs is 3. The highest BCUT2D eigenvalue weighted by molar-refractivity contribution is 6.02. The molecule has 9 nitrogen and oxygen atoms in total. The summed E-state index contributed by atoms with van der Waals surface area (Å²) in [6, 6.07) is 7.67. The summed E-state index contributed by atoms with van der Waals surface area (Å²) in [4.78, 5) is 32.7. The monoisotopic (exact) mass is 686 g/mol. The van der Waals surface area contributed by atoms with Gasteiger partial charge in [-0.1, -0.05) is 30.2 Å². The maximum atomic E-state index is 16.9. The molecule has 0 bridgehead atoms. The second-order valence-corrected chi connectivity index (χ2v) is 14.8. The summed E-state index contributed by atoms with van der Waals surface area (Å²) < 4.78 is 58.3. The molecule has 0 aliphatic carbocycles. The number of hydrogen-bond acceptors (Lipinski definition) is 8. The van der Waals surface area contributed by atoms with E-state index >= 15 is 4.39 Å². The molecule has 0 radical (unpaired) electrons. The molecule has 3 aliphatic rings. The van der Waals surface area contributed by atoms with Crippen LogP contribution in [0.5, 0.6) is 6.01 Å². The molecule has 2 aromatic heterocycles. The molecule has 0 unspecified atom stereocenters. The van der Waals surface area contributed by atoms with Gasteiger partial charge < -0.3 is 19.3 Å². The van der Waals surface area contributed by atoms with Crippen molar-refractivity contribution < 1.29 is 27.4 Å². The number of alkyl halides is 1. The predicted molar refractivity (Wildman–Crippen MR) is 186 cm³/mol. The Hall–Kier alpha value is -4.63. The van der Waals surface area contributed by atoms with Crippen LogP contribution in [-0.2, 0) is 4.74 Å². The fourth-order valence-corrected chi connectivity index (χ4v) is 7.91. The number of likely N-dealkylation sites (N-methyl/N-ethyl adjacent to an activating group) is 1. The van der Waals surface area contributed by atoms with Gasteiger partial charge in [-0.25, -0.2) is 18.0 Å². The number of halogens is 3. The summed E-state index contributed by atoms with van der Waals surface area (Å²) in [5.74, 6) is 1.45. The van der Waals surface area contributed by atoms with E-state index in [-0.39, 0.29) is 41.5 Å². The average Bonchev–Trinajstić information content (AvgIpc) is 3.74. The first-order chi connectivity index (χ1) is 23.8. The van der Waals surface area contributed by atoms with Crippen molar-refractivity contribution in [1.29, 1.82) is 0 Å². The number of anilines is 1. The topological polar surface area (TPSA) is 83.9 Å². The highest BCUT2D eigenvalue weighted by Gasteiger charge is 2.49. The Morgan fingerprint density at radius 3 is 2.74 bits per heavy atom. The van der Waals surface area contributed by atoms with E-state index in [2.05, 4.69) is 20.8 Å². The highest BCUT2D eigenvalue weighted by Crippen LogP contribution is 2.41. The van der Waals surface area contributed by atoms with E-state index < -0.39 is 35.0 Å². The van der Waals surface area contributed by atoms with Gasteiger partial charge in [0.25, 0.3) is 0 Å². The van der Waals surface area contributed by atoms with Gasteiger partial charge in [-0.2, -0.15) is 9.97 Å². The summed E-state index contributed by atoms with van der Waals surface area (Å²) in [7, 11) is 1.84. The molecule has 2 aromatic carbocycles. The van der Waals surface area contributed by atoms with Crippen molar-refractivity contribution in [3.05, 3.63) is 53.7 Å². The highest BCUT2D eigenvalue weighted by atomic mass is 19.1. The van der Waals surface area contributed by atoms with E-state index in [1.54, 1.807) is 29.2 Å². The molecule has 4 aromatic rings. The van der Waals surface area contributed by atoms with Crippen LogP contribution in [0.2, 0.25) is 0 Å². The number of carbonyl (C=O) groups excluding carboxylic acids is 1. The Bertz CT molecular complexity index is 2030. The number of pyridine rings is 1. The molecule has 7 rings (SSSR count). The maximum Gasteiger partial charge on any atom is 0.410 e. The summed E-state index contributed by atoms with van der Waals surface area (Å²) in [6.45, 7) is 9.10. The number of aromatic nitrogens is 3. The predicted octanol–water partition coefficient (Wildman–Crippen LogP) is 6.89. The van der Waals surface area contributed by atoms with E-state index in [9.17, 15) is 13.6 Å². The molecular formula is C38H41F3N6O3. The van der Waals surface area contributed by atoms with Gasteiger partial charge in [0.2, 0.25) is 0 Å². The summed E-state index contributed by atoms with van der Waals surface area (Å²) >= 11 is 0. The number of carbonyl (C=O) groups is 1. The third kappa shape index (κ3) is 5.95. The van der Waals surface area contributed by atoms with Gasteiger partial charge in [0.15, 0.2) is 5.82 Å².